The van der Waals surface area contributed by atoms with E-state index in [1.54, 1.807) is 0 Å². The fraction of sp³-hybridized carbons (Fsp3) is 0.300. The molecular weight excluding hydrogens is 332 g/mol. The lowest BCUT2D eigenvalue weighted by molar-refractivity contribution is -0.132. The summed E-state index contributed by atoms with van der Waals surface area (Å²) in [5.74, 6) is 0.370. The predicted molar refractivity (Wildman–Crippen MR) is 104 cm³/mol. The van der Waals surface area contributed by atoms with Crippen LogP contribution in [-0.4, -0.2) is 36.8 Å². The molecule has 5 heteroatoms. The van der Waals surface area contributed by atoms with Crippen molar-refractivity contribution in [3.05, 3.63) is 47.5 Å². The molecule has 2 aliphatic rings. The maximum atomic E-state index is 12.2. The standard InChI is InChI=1S/C20H20N2O2S/c1-22(2)18-10-13-9-12-5-3-4-6-14(12)15(13)11-17(18)21-16-7-8-25-20(24)19(16)23/h3-6,10-11,16,21H,7-9H2,1-2H3. The Morgan fingerprint density at radius 2 is 1.88 bits per heavy atom. The summed E-state index contributed by atoms with van der Waals surface area (Å²) < 4.78 is 0. The Kier molecular flexibility index (Phi) is 4.04. The molecule has 1 aliphatic carbocycles. The molecule has 1 unspecified atom stereocenters. The zero-order chi connectivity index (χ0) is 17.6. The summed E-state index contributed by atoms with van der Waals surface area (Å²) in [5, 5.41) is 3.01. The average Bonchev–Trinajstić information content (AvgIpc) is 2.96. The number of fused-ring (bicyclic) bond motifs is 3. The van der Waals surface area contributed by atoms with E-state index in [4.69, 9.17) is 0 Å². The fourth-order valence-electron chi connectivity index (χ4n) is 3.60. The quantitative estimate of drug-likeness (QED) is 0.733. The van der Waals surface area contributed by atoms with Crippen molar-refractivity contribution in [3.8, 4) is 11.1 Å². The van der Waals surface area contributed by atoms with Crippen molar-refractivity contribution in [2.45, 2.75) is 18.9 Å². The Hall–Kier alpha value is -2.27. The molecule has 0 bridgehead atoms. The Bertz CT molecular complexity index is 876. The number of carbonyl (C=O) groups is 2. The normalized spacial score (nSPS) is 18.7. The largest absolute Gasteiger partial charge is 0.376 e. The van der Waals surface area contributed by atoms with Crippen LogP contribution in [0.1, 0.15) is 17.5 Å². The van der Waals surface area contributed by atoms with E-state index in [0.29, 0.717) is 12.2 Å². The van der Waals surface area contributed by atoms with Crippen LogP contribution < -0.4 is 10.2 Å². The van der Waals surface area contributed by atoms with Gasteiger partial charge in [-0.2, -0.15) is 0 Å². The molecule has 1 atom stereocenters. The number of nitrogens with zero attached hydrogens (tertiary/aromatic N) is 1. The molecule has 1 saturated heterocycles. The number of hydrogen-bond acceptors (Lipinski definition) is 5. The molecule has 128 valence electrons. The minimum absolute atomic E-state index is 0.318. The van der Waals surface area contributed by atoms with E-state index in [2.05, 4.69) is 46.6 Å². The molecule has 2 aromatic carbocycles. The third kappa shape index (κ3) is 2.82. The van der Waals surface area contributed by atoms with E-state index in [1.807, 2.05) is 14.1 Å². The molecule has 0 aromatic heterocycles. The third-order valence-electron chi connectivity index (χ3n) is 4.88. The van der Waals surface area contributed by atoms with Gasteiger partial charge in [0, 0.05) is 19.8 Å². The second kappa shape index (κ2) is 6.23. The summed E-state index contributed by atoms with van der Waals surface area (Å²) in [6, 6.07) is 12.3. The first-order valence-electron chi connectivity index (χ1n) is 8.44. The lowest BCUT2D eigenvalue weighted by atomic mass is 10.0. The highest BCUT2D eigenvalue weighted by Gasteiger charge is 2.31. The first kappa shape index (κ1) is 16.2. The Labute approximate surface area is 151 Å². The van der Waals surface area contributed by atoms with Crippen LogP contribution in [0.15, 0.2) is 36.4 Å². The zero-order valence-electron chi connectivity index (χ0n) is 14.3. The Morgan fingerprint density at radius 3 is 2.68 bits per heavy atom. The zero-order valence-corrected chi connectivity index (χ0v) is 15.2. The number of anilines is 2. The van der Waals surface area contributed by atoms with Crippen molar-refractivity contribution >= 4 is 34.0 Å². The van der Waals surface area contributed by atoms with Gasteiger partial charge < -0.3 is 10.2 Å². The molecule has 0 spiro atoms. The van der Waals surface area contributed by atoms with Gasteiger partial charge in [0.15, 0.2) is 0 Å². The summed E-state index contributed by atoms with van der Waals surface area (Å²) in [5.41, 5.74) is 7.07. The van der Waals surface area contributed by atoms with E-state index >= 15 is 0 Å². The molecule has 1 heterocycles. The van der Waals surface area contributed by atoms with E-state index in [1.165, 1.54) is 22.3 Å². The maximum Gasteiger partial charge on any atom is 0.257 e. The van der Waals surface area contributed by atoms with Crippen LogP contribution >= 0.6 is 11.8 Å². The summed E-state index contributed by atoms with van der Waals surface area (Å²) in [6.45, 7) is 0. The van der Waals surface area contributed by atoms with Crippen LogP contribution in [0.25, 0.3) is 11.1 Å². The van der Waals surface area contributed by atoms with Gasteiger partial charge in [0.25, 0.3) is 5.12 Å². The SMILES string of the molecule is CN(C)c1cc2c(cc1NC1CCSC(=O)C1=O)-c1ccccc1C2. The van der Waals surface area contributed by atoms with Crippen LogP contribution in [0.3, 0.4) is 0 Å². The van der Waals surface area contributed by atoms with Gasteiger partial charge in [0.1, 0.15) is 0 Å². The van der Waals surface area contributed by atoms with Crippen LogP contribution in [0, 0.1) is 0 Å². The van der Waals surface area contributed by atoms with Gasteiger partial charge in [-0.1, -0.05) is 36.0 Å². The lowest BCUT2D eigenvalue weighted by Gasteiger charge is -2.26. The van der Waals surface area contributed by atoms with Crippen LogP contribution in [-0.2, 0) is 16.0 Å². The smallest absolute Gasteiger partial charge is 0.257 e. The second-order valence-corrected chi connectivity index (χ2v) is 7.81. The van der Waals surface area contributed by atoms with Gasteiger partial charge in [-0.3, -0.25) is 9.59 Å². The van der Waals surface area contributed by atoms with Gasteiger partial charge in [-0.05, 0) is 47.2 Å². The molecule has 2 aromatic rings. The first-order chi connectivity index (χ1) is 12.0. The summed E-state index contributed by atoms with van der Waals surface area (Å²) >= 11 is 1.12. The molecule has 4 rings (SSSR count). The van der Waals surface area contributed by atoms with Gasteiger partial charge in [0.2, 0.25) is 5.78 Å². The highest BCUT2D eigenvalue weighted by Crippen LogP contribution is 2.42. The maximum absolute atomic E-state index is 12.2. The number of rotatable bonds is 3. The van der Waals surface area contributed by atoms with E-state index in [9.17, 15) is 9.59 Å². The van der Waals surface area contributed by atoms with Crippen molar-refractivity contribution in [1.82, 2.24) is 0 Å². The number of benzene rings is 2. The molecule has 0 radical (unpaired) electrons. The van der Waals surface area contributed by atoms with Crippen molar-refractivity contribution < 1.29 is 9.59 Å². The molecule has 25 heavy (non-hydrogen) atoms. The van der Waals surface area contributed by atoms with Crippen molar-refractivity contribution in [1.29, 1.82) is 0 Å². The van der Waals surface area contributed by atoms with Crippen molar-refractivity contribution in [3.63, 3.8) is 0 Å². The number of carbonyl (C=O) groups excluding carboxylic acids is 2. The Balaban J connectivity index is 1.75. The number of nitrogens with one attached hydrogen (secondary N) is 1. The number of ketones is 1. The molecule has 1 fully saturated rings. The average molecular weight is 352 g/mol. The Morgan fingerprint density at radius 1 is 1.08 bits per heavy atom. The van der Waals surface area contributed by atoms with Crippen LogP contribution in [0.2, 0.25) is 0 Å². The number of Topliss-reactive ketones (excluding diaryl/α,β-unsaturated/α-hetero) is 1. The number of thioether (sulfide) groups is 1. The molecule has 1 N–H and O–H groups in total. The minimum atomic E-state index is -0.429. The second-order valence-electron chi connectivity index (χ2n) is 6.74. The van der Waals surface area contributed by atoms with Gasteiger partial charge >= 0.3 is 0 Å². The number of hydrogen-bond donors (Lipinski definition) is 1. The minimum Gasteiger partial charge on any atom is -0.376 e. The molecule has 0 saturated carbocycles. The van der Waals surface area contributed by atoms with Gasteiger partial charge in [0.05, 0.1) is 17.4 Å². The predicted octanol–water partition coefficient (Wildman–Crippen LogP) is 3.34. The van der Waals surface area contributed by atoms with E-state index in [0.717, 1.165) is 29.6 Å². The first-order valence-corrected chi connectivity index (χ1v) is 9.43. The topological polar surface area (TPSA) is 49.4 Å². The molecular formula is C20H20N2O2S. The highest BCUT2D eigenvalue weighted by atomic mass is 32.2. The fourth-order valence-corrected chi connectivity index (χ4v) is 4.42. The third-order valence-corrected chi connectivity index (χ3v) is 5.78. The monoisotopic (exact) mass is 352 g/mol. The van der Waals surface area contributed by atoms with Crippen molar-refractivity contribution in [2.75, 3.05) is 30.1 Å². The van der Waals surface area contributed by atoms with Crippen LogP contribution in [0.5, 0.6) is 0 Å². The highest BCUT2D eigenvalue weighted by molar-refractivity contribution is 8.15. The van der Waals surface area contributed by atoms with Gasteiger partial charge in [-0.15, -0.1) is 0 Å². The lowest BCUT2D eigenvalue weighted by Crippen LogP contribution is -2.38. The van der Waals surface area contributed by atoms with Crippen molar-refractivity contribution in [2.24, 2.45) is 0 Å². The molecule has 4 nitrogen and oxygen atoms in total. The molecule has 1 aliphatic heterocycles. The van der Waals surface area contributed by atoms with E-state index in [-0.39, 0.29) is 10.9 Å². The summed E-state index contributed by atoms with van der Waals surface area (Å²) in [4.78, 5) is 26.0. The van der Waals surface area contributed by atoms with Gasteiger partial charge in [-0.25, -0.2) is 0 Å². The molecule has 0 amide bonds. The van der Waals surface area contributed by atoms with Crippen LogP contribution in [0.4, 0.5) is 11.4 Å². The summed E-state index contributed by atoms with van der Waals surface area (Å²) in [7, 11) is 4.00. The summed E-state index contributed by atoms with van der Waals surface area (Å²) in [6.07, 6.45) is 1.61. The van der Waals surface area contributed by atoms with E-state index < -0.39 is 6.04 Å².